The molecule has 0 unspecified atom stereocenters. The maximum absolute atomic E-state index is 11.9. The van der Waals surface area contributed by atoms with Gasteiger partial charge in [0.05, 0.1) is 5.75 Å². The van der Waals surface area contributed by atoms with E-state index in [-0.39, 0.29) is 0 Å². The molecule has 1 atom stereocenters. The van der Waals surface area contributed by atoms with Gasteiger partial charge in [-0.1, -0.05) is 20.8 Å². The van der Waals surface area contributed by atoms with E-state index in [9.17, 15) is 26.4 Å². The fourth-order valence-corrected chi connectivity index (χ4v) is 2.75. The number of carbonyl (C=O) groups is 1. The molecule has 0 aliphatic rings. The zero-order valence-corrected chi connectivity index (χ0v) is 11.7. The zero-order valence-electron chi connectivity index (χ0n) is 10.9. The quantitative estimate of drug-likeness (QED) is 0.783. The minimum atomic E-state index is -4.42. The molecule has 0 aromatic carbocycles. The first-order chi connectivity index (χ1) is 8.25. The van der Waals surface area contributed by atoms with Crippen molar-refractivity contribution in [1.29, 1.82) is 0 Å². The molecule has 0 rings (SSSR count). The topological polar surface area (TPSA) is 83.5 Å². The van der Waals surface area contributed by atoms with Gasteiger partial charge in [-0.15, -0.1) is 0 Å². The Morgan fingerprint density at radius 3 is 2.05 bits per heavy atom. The van der Waals surface area contributed by atoms with E-state index in [2.05, 4.69) is 0 Å². The van der Waals surface area contributed by atoms with Gasteiger partial charge in [0.15, 0.2) is 0 Å². The summed E-state index contributed by atoms with van der Waals surface area (Å²) in [6, 6.07) is -1.39. The van der Waals surface area contributed by atoms with E-state index < -0.39 is 52.2 Å². The minimum absolute atomic E-state index is 0.602. The van der Waals surface area contributed by atoms with E-state index in [0.29, 0.717) is 0 Å². The molecular weight excluding hydrogens is 287 g/mol. The van der Waals surface area contributed by atoms with Crippen LogP contribution in [0.2, 0.25) is 0 Å². The van der Waals surface area contributed by atoms with Gasteiger partial charge >= 0.3 is 12.1 Å². The van der Waals surface area contributed by atoms with Gasteiger partial charge in [0, 0.05) is 6.42 Å². The Labute approximate surface area is 110 Å². The third-order valence-electron chi connectivity index (χ3n) is 2.28. The van der Waals surface area contributed by atoms with Crippen molar-refractivity contribution in [3.8, 4) is 0 Å². The Bertz CT molecular complexity index is 411. The first kappa shape index (κ1) is 18.2. The Balaban J connectivity index is 4.63. The molecule has 0 bridgehead atoms. The van der Waals surface area contributed by atoms with Crippen molar-refractivity contribution >= 4 is 16.0 Å². The summed E-state index contributed by atoms with van der Waals surface area (Å²) in [6.07, 6.45) is -6.25. The molecule has 0 heterocycles. The van der Waals surface area contributed by atoms with E-state index in [0.717, 1.165) is 0 Å². The molecule has 0 aromatic heterocycles. The molecule has 19 heavy (non-hydrogen) atoms. The Kier molecular flexibility index (Phi) is 5.82. The van der Waals surface area contributed by atoms with Crippen molar-refractivity contribution in [2.45, 2.75) is 45.8 Å². The predicted octanol–water partition coefficient (Wildman–Crippen LogP) is 1.75. The van der Waals surface area contributed by atoms with E-state index in [1.165, 1.54) is 20.8 Å². The van der Waals surface area contributed by atoms with Crippen molar-refractivity contribution in [1.82, 2.24) is 4.72 Å². The third kappa shape index (κ3) is 8.04. The first-order valence-electron chi connectivity index (χ1n) is 5.54. The smallest absolute Gasteiger partial charge is 0.389 e. The number of halogens is 3. The normalized spacial score (nSPS) is 15.3. The summed E-state index contributed by atoms with van der Waals surface area (Å²) in [5.41, 5.74) is -0.886. The summed E-state index contributed by atoms with van der Waals surface area (Å²) >= 11 is 0. The van der Waals surface area contributed by atoms with E-state index in [1.54, 1.807) is 0 Å². The van der Waals surface area contributed by atoms with Crippen LogP contribution < -0.4 is 4.72 Å². The summed E-state index contributed by atoms with van der Waals surface area (Å²) < 4.78 is 60.7. The lowest BCUT2D eigenvalue weighted by Crippen LogP contribution is -2.49. The molecule has 0 saturated heterocycles. The average molecular weight is 305 g/mol. The Hall–Kier alpha value is -0.830. The van der Waals surface area contributed by atoms with Crippen molar-refractivity contribution in [2.24, 2.45) is 5.41 Å². The molecule has 0 radical (unpaired) electrons. The fraction of sp³-hybridized carbons (Fsp3) is 0.900. The molecule has 0 fully saturated rings. The number of hydrogen-bond acceptors (Lipinski definition) is 3. The van der Waals surface area contributed by atoms with Gasteiger partial charge in [-0.2, -0.15) is 13.2 Å². The number of alkyl halides is 3. The number of carboxylic acids is 1. The third-order valence-corrected chi connectivity index (χ3v) is 3.70. The fourth-order valence-electron chi connectivity index (χ4n) is 1.30. The molecule has 0 aromatic rings. The van der Waals surface area contributed by atoms with Crippen LogP contribution in [0.1, 0.15) is 33.6 Å². The number of carboxylic acid groups (broad SMARTS) is 1. The highest BCUT2D eigenvalue weighted by Crippen LogP contribution is 2.23. The van der Waals surface area contributed by atoms with E-state index in [1.807, 2.05) is 4.72 Å². The highest BCUT2D eigenvalue weighted by atomic mass is 32.2. The van der Waals surface area contributed by atoms with Gasteiger partial charge in [0.2, 0.25) is 10.0 Å². The monoisotopic (exact) mass is 305 g/mol. The SMILES string of the molecule is CC(C)(C)[C@H](NS(=O)(=O)CCCC(F)(F)F)C(=O)O. The average Bonchev–Trinajstić information content (AvgIpc) is 2.09. The van der Waals surface area contributed by atoms with Crippen molar-refractivity contribution in [3.05, 3.63) is 0 Å². The van der Waals surface area contributed by atoms with Gasteiger partial charge in [0.25, 0.3) is 0 Å². The number of hydrogen-bond donors (Lipinski definition) is 2. The molecule has 9 heteroatoms. The molecule has 0 spiro atoms. The number of sulfonamides is 1. The van der Waals surface area contributed by atoms with E-state index in [4.69, 9.17) is 5.11 Å². The second kappa shape index (κ2) is 6.08. The Morgan fingerprint density at radius 2 is 1.74 bits per heavy atom. The largest absolute Gasteiger partial charge is 0.480 e. The van der Waals surface area contributed by atoms with Crippen LogP contribution in [0, 0.1) is 5.41 Å². The molecule has 0 amide bonds. The van der Waals surface area contributed by atoms with Gasteiger partial charge in [-0.25, -0.2) is 13.1 Å². The molecule has 0 aliphatic carbocycles. The molecule has 2 N–H and O–H groups in total. The van der Waals surface area contributed by atoms with Gasteiger partial charge in [-0.05, 0) is 11.8 Å². The summed E-state index contributed by atoms with van der Waals surface area (Å²) in [5.74, 6) is -2.13. The number of rotatable bonds is 6. The molecule has 0 saturated carbocycles. The lowest BCUT2D eigenvalue weighted by molar-refractivity contribution is -0.141. The first-order valence-corrected chi connectivity index (χ1v) is 7.19. The van der Waals surface area contributed by atoms with Crippen LogP contribution in [0.4, 0.5) is 13.2 Å². The number of nitrogens with one attached hydrogen (secondary N) is 1. The molecule has 5 nitrogen and oxygen atoms in total. The van der Waals surface area contributed by atoms with Crippen LogP contribution in [0.15, 0.2) is 0 Å². The maximum atomic E-state index is 11.9. The second-order valence-electron chi connectivity index (χ2n) is 5.29. The Morgan fingerprint density at radius 1 is 1.26 bits per heavy atom. The number of aliphatic carboxylic acids is 1. The van der Waals surface area contributed by atoms with Crippen LogP contribution in [-0.4, -0.2) is 37.5 Å². The minimum Gasteiger partial charge on any atom is -0.480 e. The van der Waals surface area contributed by atoms with Gasteiger partial charge in [0.1, 0.15) is 6.04 Å². The summed E-state index contributed by atoms with van der Waals surface area (Å²) in [4.78, 5) is 10.9. The van der Waals surface area contributed by atoms with Crippen molar-refractivity contribution in [2.75, 3.05) is 5.75 Å². The predicted molar refractivity (Wildman–Crippen MR) is 63.1 cm³/mol. The highest BCUT2D eigenvalue weighted by molar-refractivity contribution is 7.89. The standard InChI is InChI=1S/C10H18F3NO4S/c1-9(2,3)7(8(15)16)14-19(17,18)6-4-5-10(11,12)13/h7,14H,4-6H2,1-3H3,(H,15,16)/t7-/m1/s1. The lowest BCUT2D eigenvalue weighted by Gasteiger charge is -2.27. The maximum Gasteiger partial charge on any atom is 0.389 e. The van der Waals surface area contributed by atoms with Gasteiger partial charge < -0.3 is 5.11 Å². The molecule has 114 valence electrons. The summed E-state index contributed by atoms with van der Waals surface area (Å²) in [6.45, 7) is 4.55. The second-order valence-corrected chi connectivity index (χ2v) is 7.17. The summed E-state index contributed by atoms with van der Waals surface area (Å²) in [5, 5.41) is 8.92. The van der Waals surface area contributed by atoms with E-state index >= 15 is 0 Å². The zero-order chi connectivity index (χ0) is 15.5. The van der Waals surface area contributed by atoms with Gasteiger partial charge in [-0.3, -0.25) is 4.79 Å². The highest BCUT2D eigenvalue weighted by Gasteiger charge is 2.35. The van der Waals surface area contributed by atoms with Crippen LogP contribution in [-0.2, 0) is 14.8 Å². The lowest BCUT2D eigenvalue weighted by atomic mass is 9.88. The van der Waals surface area contributed by atoms with Crippen LogP contribution in [0.25, 0.3) is 0 Å². The van der Waals surface area contributed by atoms with Crippen molar-refractivity contribution in [3.63, 3.8) is 0 Å². The molecular formula is C10H18F3NO4S. The molecule has 0 aliphatic heterocycles. The van der Waals surface area contributed by atoms with Crippen LogP contribution in [0.3, 0.4) is 0 Å². The van der Waals surface area contributed by atoms with Crippen LogP contribution in [0.5, 0.6) is 0 Å². The summed E-state index contributed by atoms with van der Waals surface area (Å²) in [7, 11) is -4.06. The van der Waals surface area contributed by atoms with Crippen LogP contribution >= 0.6 is 0 Å². The van der Waals surface area contributed by atoms with Crippen molar-refractivity contribution < 1.29 is 31.5 Å².